The van der Waals surface area contributed by atoms with Crippen molar-refractivity contribution >= 4 is 0 Å². The van der Waals surface area contributed by atoms with Gasteiger partial charge in [-0.25, -0.2) is 0 Å². The van der Waals surface area contributed by atoms with Crippen molar-refractivity contribution in [1.29, 1.82) is 0 Å². The van der Waals surface area contributed by atoms with Crippen LogP contribution in [0, 0.1) is 19.8 Å². The Morgan fingerprint density at radius 2 is 1.57 bits per heavy atom. The number of hydrogen-bond acceptors (Lipinski definition) is 3. The fourth-order valence-electron chi connectivity index (χ4n) is 1.07. The summed E-state index contributed by atoms with van der Waals surface area (Å²) in [6.45, 7) is 5.35. The molecule has 0 aromatic heterocycles. The molecule has 0 aliphatic carbocycles. The minimum atomic E-state index is -0.497. The molecule has 0 amide bonds. The van der Waals surface area contributed by atoms with Crippen molar-refractivity contribution in [3.8, 4) is 0 Å². The van der Waals surface area contributed by atoms with Crippen LogP contribution in [0.15, 0.2) is 0 Å². The van der Waals surface area contributed by atoms with E-state index >= 15 is 0 Å². The van der Waals surface area contributed by atoms with Crippen molar-refractivity contribution < 1.29 is 15.3 Å². The van der Waals surface area contributed by atoms with Crippen LogP contribution in [0.4, 0.5) is 0 Å². The monoisotopic (exact) mass is 200 g/mol. The molecule has 3 heteroatoms. The number of hydrogen-bond donors (Lipinski definition) is 3. The van der Waals surface area contributed by atoms with Gasteiger partial charge in [-0.15, -0.1) is 0 Å². The molecule has 0 saturated carbocycles. The molecule has 0 rings (SSSR count). The highest BCUT2D eigenvalue weighted by atomic mass is 16.3. The Bertz CT molecular complexity index is 117. The lowest BCUT2D eigenvalue weighted by Crippen LogP contribution is -2.10. The zero-order valence-electron chi connectivity index (χ0n) is 8.47. The second-order valence-electron chi connectivity index (χ2n) is 3.34. The van der Waals surface area contributed by atoms with Gasteiger partial charge in [-0.1, -0.05) is 0 Å². The average molecular weight is 200 g/mol. The van der Waals surface area contributed by atoms with Crippen LogP contribution < -0.4 is 0 Å². The first kappa shape index (κ1) is 13.9. The second-order valence-corrected chi connectivity index (χ2v) is 3.34. The van der Waals surface area contributed by atoms with E-state index in [-0.39, 0.29) is 13.0 Å². The van der Waals surface area contributed by atoms with E-state index in [1.807, 2.05) is 12.8 Å². The molecule has 2 unspecified atom stereocenters. The van der Waals surface area contributed by atoms with Crippen LogP contribution >= 0.6 is 0 Å². The van der Waals surface area contributed by atoms with Gasteiger partial charge in [0.2, 0.25) is 0 Å². The van der Waals surface area contributed by atoms with Gasteiger partial charge in [0.1, 0.15) is 0 Å². The maximum Gasteiger partial charge on any atom is 0.0545 e. The van der Waals surface area contributed by atoms with Crippen molar-refractivity contribution in [3.05, 3.63) is 19.8 Å². The third kappa shape index (κ3) is 8.48. The van der Waals surface area contributed by atoms with Crippen LogP contribution in [0.2, 0.25) is 0 Å². The van der Waals surface area contributed by atoms with Crippen LogP contribution in [-0.2, 0) is 0 Å². The van der Waals surface area contributed by atoms with Crippen molar-refractivity contribution in [2.24, 2.45) is 0 Å². The molecular weight excluding hydrogens is 180 g/mol. The lowest BCUT2D eigenvalue weighted by molar-refractivity contribution is 0.153. The third-order valence-corrected chi connectivity index (χ3v) is 1.92. The smallest absolute Gasteiger partial charge is 0.0545 e. The van der Waals surface area contributed by atoms with Crippen LogP contribution in [-0.4, -0.2) is 34.1 Å². The van der Waals surface area contributed by atoms with Gasteiger partial charge in [0.15, 0.2) is 0 Å². The van der Waals surface area contributed by atoms with Crippen LogP contribution in [0.5, 0.6) is 0 Å². The minimum absolute atomic E-state index is 0.127. The SMILES string of the molecule is [CH]CC(O)C[CH]CC(O)C[CH]CCO. The summed E-state index contributed by atoms with van der Waals surface area (Å²) < 4.78 is 0. The summed E-state index contributed by atoms with van der Waals surface area (Å²) >= 11 is 0. The molecular formula is C11H20O3. The fourth-order valence-corrected chi connectivity index (χ4v) is 1.07. The Morgan fingerprint density at radius 1 is 1.00 bits per heavy atom. The zero-order chi connectivity index (χ0) is 10.8. The van der Waals surface area contributed by atoms with Gasteiger partial charge in [0.05, 0.1) is 12.2 Å². The number of rotatable bonds is 9. The van der Waals surface area contributed by atoms with Gasteiger partial charge in [0, 0.05) is 6.61 Å². The Kier molecular flexibility index (Phi) is 9.35. The molecule has 0 heterocycles. The summed E-state index contributed by atoms with van der Waals surface area (Å²) in [5.41, 5.74) is 0. The van der Waals surface area contributed by atoms with Crippen molar-refractivity contribution in [3.63, 3.8) is 0 Å². The molecule has 4 radical (unpaired) electrons. The maximum atomic E-state index is 9.40. The van der Waals surface area contributed by atoms with Crippen LogP contribution in [0.1, 0.15) is 32.1 Å². The molecule has 0 aliphatic rings. The highest BCUT2D eigenvalue weighted by molar-refractivity contribution is 4.78. The van der Waals surface area contributed by atoms with Gasteiger partial charge in [-0.05, 0) is 51.9 Å². The van der Waals surface area contributed by atoms with Gasteiger partial charge in [-0.3, -0.25) is 0 Å². The molecule has 0 aromatic carbocycles. The van der Waals surface area contributed by atoms with Crippen molar-refractivity contribution in [2.75, 3.05) is 6.61 Å². The van der Waals surface area contributed by atoms with Crippen molar-refractivity contribution in [1.82, 2.24) is 0 Å². The van der Waals surface area contributed by atoms with Gasteiger partial charge >= 0.3 is 0 Å². The third-order valence-electron chi connectivity index (χ3n) is 1.92. The Balaban J connectivity index is 3.21. The first-order chi connectivity index (χ1) is 6.70. The Morgan fingerprint density at radius 3 is 2.14 bits per heavy atom. The van der Waals surface area contributed by atoms with E-state index in [2.05, 4.69) is 0 Å². The number of aliphatic hydroxyl groups excluding tert-OH is 3. The van der Waals surface area contributed by atoms with E-state index in [9.17, 15) is 5.11 Å². The van der Waals surface area contributed by atoms with Crippen LogP contribution in [0.25, 0.3) is 0 Å². The summed E-state index contributed by atoms with van der Waals surface area (Å²) in [5.74, 6) is 0. The first-order valence-electron chi connectivity index (χ1n) is 5.01. The molecule has 0 aliphatic heterocycles. The summed E-state index contributed by atoms with van der Waals surface area (Å²) in [6.07, 6.45) is 5.32. The molecule has 0 spiro atoms. The van der Waals surface area contributed by atoms with Gasteiger partial charge < -0.3 is 15.3 Å². The van der Waals surface area contributed by atoms with E-state index in [0.29, 0.717) is 25.7 Å². The highest BCUT2D eigenvalue weighted by Gasteiger charge is 2.06. The first-order valence-corrected chi connectivity index (χ1v) is 5.01. The minimum Gasteiger partial charge on any atom is -0.396 e. The number of unbranched alkanes of at least 4 members (excludes halogenated alkanes) is 1. The normalized spacial score (nSPS) is 15.4. The molecule has 2 atom stereocenters. The second kappa shape index (κ2) is 9.44. The average Bonchev–Trinajstić information content (AvgIpc) is 2.18. The Hall–Kier alpha value is -0.120. The van der Waals surface area contributed by atoms with E-state index in [1.165, 1.54) is 0 Å². The summed E-state index contributed by atoms with van der Waals surface area (Å²) in [6, 6.07) is 0. The summed E-state index contributed by atoms with van der Waals surface area (Å²) in [5, 5.41) is 27.0. The molecule has 0 saturated heterocycles. The highest BCUT2D eigenvalue weighted by Crippen LogP contribution is 2.09. The molecule has 0 fully saturated rings. The van der Waals surface area contributed by atoms with Gasteiger partial charge in [0.25, 0.3) is 0 Å². The molecule has 82 valence electrons. The predicted octanol–water partition coefficient (Wildman–Crippen LogP) is 0.771. The standard InChI is InChI=1S/C11H20O3/c1-2-10(13)7-5-8-11(14)6-3-4-9-12/h1,3,5,10-14H,2,4,6-9H2. The summed E-state index contributed by atoms with van der Waals surface area (Å²) in [4.78, 5) is 0. The number of aliphatic hydroxyl groups is 3. The zero-order valence-corrected chi connectivity index (χ0v) is 8.47. The summed E-state index contributed by atoms with van der Waals surface area (Å²) in [7, 11) is 0. The van der Waals surface area contributed by atoms with Gasteiger partial charge in [-0.2, -0.15) is 0 Å². The van der Waals surface area contributed by atoms with E-state index in [4.69, 9.17) is 17.1 Å². The molecule has 0 aromatic rings. The molecule has 14 heavy (non-hydrogen) atoms. The van der Waals surface area contributed by atoms with Crippen LogP contribution in [0.3, 0.4) is 0 Å². The molecule has 3 nitrogen and oxygen atoms in total. The fraction of sp³-hybridized carbons (Fsp3) is 0.727. The Labute approximate surface area is 86.8 Å². The van der Waals surface area contributed by atoms with Crippen molar-refractivity contribution in [2.45, 2.75) is 44.3 Å². The quantitative estimate of drug-likeness (QED) is 0.482. The predicted molar refractivity (Wildman–Crippen MR) is 55.1 cm³/mol. The van der Waals surface area contributed by atoms with E-state index < -0.39 is 12.2 Å². The molecule has 0 bridgehead atoms. The lowest BCUT2D eigenvalue weighted by atomic mass is 10.0. The largest absolute Gasteiger partial charge is 0.396 e. The molecule has 3 N–H and O–H groups in total. The maximum absolute atomic E-state index is 9.40. The van der Waals surface area contributed by atoms with E-state index in [0.717, 1.165) is 0 Å². The lowest BCUT2D eigenvalue weighted by Gasteiger charge is -2.11. The van der Waals surface area contributed by atoms with E-state index in [1.54, 1.807) is 0 Å². The topological polar surface area (TPSA) is 60.7 Å².